The van der Waals surface area contributed by atoms with Gasteiger partial charge in [-0.3, -0.25) is 0 Å². The smallest absolute Gasteiger partial charge is 0.0215 e. The number of hydrogen-bond donors (Lipinski definition) is 0. The molecule has 8 aromatic carbocycles. The summed E-state index contributed by atoms with van der Waals surface area (Å²) in [4.78, 5) is 0. The first-order valence-corrected chi connectivity index (χ1v) is 23.6. The van der Waals surface area contributed by atoms with Crippen LogP contribution in [-0.2, 0) is 17.3 Å². The highest BCUT2D eigenvalue weighted by Gasteiger charge is 2.44. The predicted octanol–water partition coefficient (Wildman–Crippen LogP) is 17.7. The summed E-state index contributed by atoms with van der Waals surface area (Å²) in [5.74, 6) is 0. The molecule has 0 spiro atoms. The molecule has 10 rings (SSSR count). The van der Waals surface area contributed by atoms with Crippen LogP contribution < -0.4 is 0 Å². The van der Waals surface area contributed by atoms with E-state index in [1.165, 1.54) is 131 Å². The second-order valence-electron chi connectivity index (χ2n) is 18.3. The lowest BCUT2D eigenvalue weighted by molar-refractivity contribution is 0.435. The van der Waals surface area contributed by atoms with Gasteiger partial charge in [-0.25, -0.2) is 0 Å². The van der Waals surface area contributed by atoms with Crippen LogP contribution >= 0.6 is 0 Å². The molecule has 0 nitrogen and oxygen atoms in total. The first-order valence-electron chi connectivity index (χ1n) is 23.6. The minimum atomic E-state index is -0.0485. The maximum Gasteiger partial charge on any atom is 0.0215 e. The molecule has 0 atom stereocenters. The maximum atomic E-state index is 2.62. The Morgan fingerprint density at radius 2 is 0.672 bits per heavy atom. The molecule has 0 saturated carbocycles. The van der Waals surface area contributed by atoms with Crippen molar-refractivity contribution in [2.45, 2.75) is 110 Å². The number of aryl methyl sites for hydroxylation is 1. The van der Waals surface area contributed by atoms with E-state index in [1.807, 2.05) is 0 Å². The van der Waals surface area contributed by atoms with Gasteiger partial charge in [-0.1, -0.05) is 200 Å². The fourth-order valence-electron chi connectivity index (χ4n) is 12.4. The quantitative estimate of drug-likeness (QED) is 0.102. The van der Waals surface area contributed by atoms with Crippen LogP contribution in [0.15, 0.2) is 152 Å². The predicted molar refractivity (Wildman–Crippen MR) is 264 cm³/mol. The van der Waals surface area contributed by atoms with Crippen LogP contribution in [0.5, 0.6) is 0 Å². The molecule has 0 fully saturated rings. The van der Waals surface area contributed by atoms with Gasteiger partial charge in [-0.05, 0) is 155 Å². The average Bonchev–Trinajstić information content (AvgIpc) is 3.71. The molecule has 0 saturated heterocycles. The zero-order valence-corrected chi connectivity index (χ0v) is 37.0. The van der Waals surface area contributed by atoms with Gasteiger partial charge in [-0.15, -0.1) is 0 Å². The van der Waals surface area contributed by atoms with Gasteiger partial charge < -0.3 is 0 Å². The molecule has 2 aliphatic carbocycles. The van der Waals surface area contributed by atoms with E-state index in [4.69, 9.17) is 0 Å². The number of rotatable bonds is 13. The molecule has 0 radical (unpaired) electrons. The molecule has 0 heteroatoms. The van der Waals surface area contributed by atoms with Gasteiger partial charge >= 0.3 is 0 Å². The standard InChI is InChI=1S/C61H60/c1-6-17-41-24-26-42(27-25-41)58-50-19-11-13-21-52(50)59(53-22-14-12-20-51(53)58)45-30-33-49-48-32-29-44(39-56(48)61(36-9-4,37-10-5)57(49)40-45)43-28-31-47-46-18-15-16-23-54(46)60(34-7-2,35-8-3)55(47)38-43/h11-16,18-33,38-40H,6-10,17,34-37H2,1-5H3. The molecule has 0 heterocycles. The van der Waals surface area contributed by atoms with Gasteiger partial charge in [0.05, 0.1) is 0 Å². The van der Waals surface area contributed by atoms with Crippen molar-refractivity contribution < 1.29 is 0 Å². The Morgan fingerprint density at radius 3 is 1.13 bits per heavy atom. The topological polar surface area (TPSA) is 0 Å². The van der Waals surface area contributed by atoms with Crippen molar-refractivity contribution in [3.05, 3.63) is 179 Å². The minimum Gasteiger partial charge on any atom is -0.0653 e. The maximum absolute atomic E-state index is 2.62. The molecule has 0 aliphatic heterocycles. The van der Waals surface area contributed by atoms with Crippen LogP contribution in [0.4, 0.5) is 0 Å². The molecule has 61 heavy (non-hydrogen) atoms. The minimum absolute atomic E-state index is 0.0485. The van der Waals surface area contributed by atoms with Crippen molar-refractivity contribution in [2.24, 2.45) is 0 Å². The van der Waals surface area contributed by atoms with E-state index in [1.54, 1.807) is 0 Å². The molecule has 8 aromatic rings. The van der Waals surface area contributed by atoms with Crippen molar-refractivity contribution in [2.75, 3.05) is 0 Å². The van der Waals surface area contributed by atoms with Gasteiger partial charge in [0.25, 0.3) is 0 Å². The van der Waals surface area contributed by atoms with E-state index in [-0.39, 0.29) is 10.8 Å². The molecule has 304 valence electrons. The van der Waals surface area contributed by atoms with Gasteiger partial charge in [-0.2, -0.15) is 0 Å². The summed E-state index contributed by atoms with van der Waals surface area (Å²) in [6.45, 7) is 11.8. The summed E-state index contributed by atoms with van der Waals surface area (Å²) in [7, 11) is 0. The zero-order valence-electron chi connectivity index (χ0n) is 37.0. The van der Waals surface area contributed by atoms with Crippen molar-refractivity contribution in [1.29, 1.82) is 0 Å². The van der Waals surface area contributed by atoms with Gasteiger partial charge in [0.2, 0.25) is 0 Å². The Balaban J connectivity index is 1.13. The second kappa shape index (κ2) is 16.0. The molecule has 2 aliphatic rings. The highest BCUT2D eigenvalue weighted by atomic mass is 14.5. The molecule has 0 N–H and O–H groups in total. The summed E-state index contributed by atoms with van der Waals surface area (Å²) in [5.41, 5.74) is 21.2. The molecular formula is C61H60. The van der Waals surface area contributed by atoms with Gasteiger partial charge in [0.15, 0.2) is 0 Å². The second-order valence-corrected chi connectivity index (χ2v) is 18.3. The van der Waals surface area contributed by atoms with E-state index < -0.39 is 0 Å². The Kier molecular flexibility index (Phi) is 10.3. The fourth-order valence-corrected chi connectivity index (χ4v) is 12.4. The van der Waals surface area contributed by atoms with Crippen LogP contribution in [-0.4, -0.2) is 0 Å². The Labute approximate surface area is 364 Å². The monoisotopic (exact) mass is 792 g/mol. The fraction of sp³-hybridized carbons (Fsp3) is 0.279. The third-order valence-electron chi connectivity index (χ3n) is 14.7. The van der Waals surface area contributed by atoms with E-state index in [0.717, 1.165) is 38.5 Å². The van der Waals surface area contributed by atoms with Crippen LogP contribution in [0, 0.1) is 0 Å². The van der Waals surface area contributed by atoms with Gasteiger partial charge in [0.1, 0.15) is 0 Å². The summed E-state index contributed by atoms with van der Waals surface area (Å²) in [5, 5.41) is 5.29. The summed E-state index contributed by atoms with van der Waals surface area (Å²) < 4.78 is 0. The largest absolute Gasteiger partial charge is 0.0653 e. The molecule has 0 aromatic heterocycles. The van der Waals surface area contributed by atoms with E-state index in [0.29, 0.717) is 0 Å². The first kappa shape index (κ1) is 39.4. The number of hydrogen-bond acceptors (Lipinski definition) is 0. The lowest BCUT2D eigenvalue weighted by Gasteiger charge is -2.33. The van der Waals surface area contributed by atoms with Crippen LogP contribution in [0.1, 0.15) is 120 Å². The number of benzene rings is 8. The lowest BCUT2D eigenvalue weighted by Crippen LogP contribution is -2.25. The Hall–Kier alpha value is -5.72. The van der Waals surface area contributed by atoms with Crippen molar-refractivity contribution in [1.82, 2.24) is 0 Å². The van der Waals surface area contributed by atoms with Gasteiger partial charge in [0, 0.05) is 10.8 Å². The van der Waals surface area contributed by atoms with Crippen LogP contribution in [0.3, 0.4) is 0 Å². The highest BCUT2D eigenvalue weighted by Crippen LogP contribution is 2.58. The molecule has 0 bridgehead atoms. The molecule has 0 unspecified atom stereocenters. The van der Waals surface area contributed by atoms with E-state index in [2.05, 4.69) is 186 Å². The first-order chi connectivity index (χ1) is 30.0. The molecule has 0 amide bonds. The third kappa shape index (κ3) is 6.15. The number of fused-ring (bicyclic) bond motifs is 8. The normalized spacial score (nSPS) is 14.2. The Morgan fingerprint density at radius 1 is 0.311 bits per heavy atom. The molecular weight excluding hydrogens is 733 g/mol. The highest BCUT2D eigenvalue weighted by molar-refractivity contribution is 6.21. The summed E-state index contributed by atoms with van der Waals surface area (Å²) >= 11 is 0. The zero-order chi connectivity index (χ0) is 41.7. The van der Waals surface area contributed by atoms with Crippen molar-refractivity contribution in [3.63, 3.8) is 0 Å². The van der Waals surface area contributed by atoms with Crippen molar-refractivity contribution >= 4 is 21.5 Å². The SMILES string of the molecule is CCCc1ccc(-c2c3ccccc3c(-c3ccc4c(c3)C(CCC)(CCC)c3cc(-c5ccc6c(c5)C(CCC)(CCC)c5ccccc5-6)ccc3-4)c3ccccc23)cc1. The lowest BCUT2D eigenvalue weighted by atomic mass is 9.70. The summed E-state index contributed by atoms with van der Waals surface area (Å²) in [6, 6.07) is 59.3. The van der Waals surface area contributed by atoms with E-state index in [9.17, 15) is 0 Å². The van der Waals surface area contributed by atoms with Crippen LogP contribution in [0.2, 0.25) is 0 Å². The van der Waals surface area contributed by atoms with Crippen LogP contribution in [0.25, 0.3) is 77.2 Å². The Bertz CT molecular complexity index is 2850. The van der Waals surface area contributed by atoms with E-state index >= 15 is 0 Å². The van der Waals surface area contributed by atoms with Crippen molar-refractivity contribution in [3.8, 4) is 55.6 Å². The average molecular weight is 793 g/mol. The third-order valence-corrected chi connectivity index (χ3v) is 14.7. The summed E-state index contributed by atoms with van der Waals surface area (Å²) in [6.07, 6.45) is 11.5.